The van der Waals surface area contributed by atoms with E-state index in [9.17, 15) is 4.79 Å². The molecule has 1 aromatic rings. The van der Waals surface area contributed by atoms with Gasteiger partial charge in [0.25, 0.3) is 0 Å². The van der Waals surface area contributed by atoms with E-state index in [-0.39, 0.29) is 12.0 Å². The fraction of sp³-hybridized carbons (Fsp3) is 0.583. The lowest BCUT2D eigenvalue weighted by Crippen LogP contribution is -2.55. The molecule has 3 rings (SSSR count). The number of esters is 1. The summed E-state index contributed by atoms with van der Waals surface area (Å²) in [5, 5.41) is 0. The number of hydrogen-bond donors (Lipinski definition) is 0. The molecule has 6 nitrogen and oxygen atoms in total. The van der Waals surface area contributed by atoms with Crippen molar-refractivity contribution in [3.8, 4) is 5.75 Å². The summed E-state index contributed by atoms with van der Waals surface area (Å²) in [4.78, 5) is 20.5. The van der Waals surface area contributed by atoms with Crippen LogP contribution in [0, 0.1) is 0 Å². The predicted molar refractivity (Wildman–Crippen MR) is 126 cm³/mol. The van der Waals surface area contributed by atoms with Crippen LogP contribution in [-0.4, -0.2) is 62.0 Å². The van der Waals surface area contributed by atoms with E-state index < -0.39 is 0 Å². The van der Waals surface area contributed by atoms with Gasteiger partial charge in [-0.15, -0.1) is 0 Å². The lowest BCUT2D eigenvalue weighted by molar-refractivity contribution is -0.146. The molecule has 2 aliphatic heterocycles. The number of methoxy groups -OCH3 is 2. The summed E-state index contributed by atoms with van der Waals surface area (Å²) in [6.45, 7) is 15.1. The molecule has 0 N–H and O–H groups in total. The largest absolute Gasteiger partial charge is 0.497 e. The third kappa shape index (κ3) is 8.57. The Hall–Kier alpha value is -2.34. The summed E-state index contributed by atoms with van der Waals surface area (Å²) in [6, 6.07) is 7.66. The minimum atomic E-state index is -0.345. The van der Waals surface area contributed by atoms with E-state index in [1.807, 2.05) is 44.7 Å². The average Bonchev–Trinajstić information content (AvgIpc) is 2.81. The van der Waals surface area contributed by atoms with Crippen molar-refractivity contribution in [2.75, 3.05) is 33.9 Å². The third-order valence-electron chi connectivity index (χ3n) is 4.16. The van der Waals surface area contributed by atoms with Crippen LogP contribution in [0.25, 0.3) is 0 Å². The van der Waals surface area contributed by atoms with E-state index >= 15 is 0 Å². The summed E-state index contributed by atoms with van der Waals surface area (Å²) in [6.07, 6.45) is 5.07. The predicted octanol–water partition coefficient (Wildman–Crippen LogP) is 4.75. The Kier molecular flexibility index (Phi) is 15.2. The number of rotatable bonds is 4. The molecule has 1 atom stereocenters. The molecule has 1 fully saturated rings. The van der Waals surface area contributed by atoms with Gasteiger partial charge in [-0.25, -0.2) is 4.79 Å². The number of carbonyl (C=O) groups excluding carboxylic acids is 1. The second kappa shape index (κ2) is 16.5. The quantitative estimate of drug-likeness (QED) is 0.659. The average molecular weight is 420 g/mol. The van der Waals surface area contributed by atoms with Gasteiger partial charge < -0.3 is 14.4 Å². The molecule has 0 aromatic heterocycles. The Morgan fingerprint density at radius 2 is 1.70 bits per heavy atom. The van der Waals surface area contributed by atoms with Crippen LogP contribution in [0.1, 0.15) is 53.5 Å². The SMILES string of the molecule is CC.CC.CCC.COC(=O)[C@H]1CN(Cc2ccc(OC)cc2)CC2=CCN=CN21. The van der Waals surface area contributed by atoms with Gasteiger partial charge in [-0.2, -0.15) is 0 Å². The molecule has 0 saturated carbocycles. The second-order valence-electron chi connectivity index (χ2n) is 6.35. The normalized spacial score (nSPS) is 16.9. The Labute approximate surface area is 183 Å². The van der Waals surface area contributed by atoms with Crippen LogP contribution in [0.5, 0.6) is 5.75 Å². The van der Waals surface area contributed by atoms with Crippen LogP contribution >= 0.6 is 0 Å². The van der Waals surface area contributed by atoms with Crippen molar-refractivity contribution < 1.29 is 14.3 Å². The molecule has 1 aromatic carbocycles. The van der Waals surface area contributed by atoms with Crippen LogP contribution in [-0.2, 0) is 16.1 Å². The molecule has 0 spiro atoms. The van der Waals surface area contributed by atoms with E-state index in [1.165, 1.54) is 19.1 Å². The van der Waals surface area contributed by atoms with Crippen LogP contribution in [0.4, 0.5) is 0 Å². The van der Waals surface area contributed by atoms with Crippen molar-refractivity contribution in [1.29, 1.82) is 0 Å². The van der Waals surface area contributed by atoms with Gasteiger partial charge in [0.2, 0.25) is 0 Å². The van der Waals surface area contributed by atoms with E-state index in [0.29, 0.717) is 13.1 Å². The maximum Gasteiger partial charge on any atom is 0.330 e. The van der Waals surface area contributed by atoms with E-state index in [0.717, 1.165) is 24.5 Å². The first-order valence-electron chi connectivity index (χ1n) is 11.0. The van der Waals surface area contributed by atoms with Gasteiger partial charge in [0, 0.05) is 25.3 Å². The Balaban J connectivity index is 0.00000108. The highest BCUT2D eigenvalue weighted by Gasteiger charge is 2.35. The standard InChI is InChI=1S/C17H21N3O3.C3H8.2C2H6/c1-22-15-5-3-13(4-6-15)9-19-10-14-7-8-18-12-20(14)16(11-19)17(21)23-2;1-3-2;2*1-2/h3-7,12,16H,8-11H2,1-2H3;3H2,1-2H3;2*1-2H3/t16-;;;/m1.../s1. The molecule has 6 heteroatoms. The summed E-state index contributed by atoms with van der Waals surface area (Å²) in [5.41, 5.74) is 2.29. The highest BCUT2D eigenvalue weighted by atomic mass is 16.5. The molecule has 0 unspecified atom stereocenters. The molecule has 0 bridgehead atoms. The van der Waals surface area contributed by atoms with Gasteiger partial charge in [0.1, 0.15) is 11.8 Å². The second-order valence-corrected chi connectivity index (χ2v) is 6.35. The van der Waals surface area contributed by atoms with Crippen molar-refractivity contribution in [2.45, 2.75) is 60.5 Å². The number of fused-ring (bicyclic) bond motifs is 1. The number of hydrogen-bond acceptors (Lipinski definition) is 6. The highest BCUT2D eigenvalue weighted by molar-refractivity contribution is 5.80. The van der Waals surface area contributed by atoms with Crippen LogP contribution < -0.4 is 4.74 Å². The van der Waals surface area contributed by atoms with Gasteiger partial charge in [-0.1, -0.05) is 60.1 Å². The molecule has 30 heavy (non-hydrogen) atoms. The Bertz CT molecular complexity index is 642. The third-order valence-corrected chi connectivity index (χ3v) is 4.16. The number of benzene rings is 1. The number of piperazine rings is 1. The van der Waals surface area contributed by atoms with Crippen molar-refractivity contribution in [3.05, 3.63) is 41.6 Å². The van der Waals surface area contributed by atoms with Crippen molar-refractivity contribution in [1.82, 2.24) is 9.80 Å². The van der Waals surface area contributed by atoms with Gasteiger partial charge >= 0.3 is 5.97 Å². The number of ether oxygens (including phenoxy) is 2. The summed E-state index contributed by atoms with van der Waals surface area (Å²) < 4.78 is 10.1. The summed E-state index contributed by atoms with van der Waals surface area (Å²) in [5.74, 6) is 0.612. The number of aliphatic imine (C=N–C) groups is 1. The fourth-order valence-corrected chi connectivity index (χ4v) is 2.96. The lowest BCUT2D eigenvalue weighted by atomic mass is 10.1. The fourth-order valence-electron chi connectivity index (χ4n) is 2.96. The zero-order valence-corrected chi connectivity index (χ0v) is 20.1. The van der Waals surface area contributed by atoms with Crippen molar-refractivity contribution in [2.24, 2.45) is 4.99 Å². The van der Waals surface area contributed by atoms with Gasteiger partial charge in [-0.05, 0) is 23.8 Å². The highest BCUT2D eigenvalue weighted by Crippen LogP contribution is 2.22. The molecule has 0 amide bonds. The maximum atomic E-state index is 12.1. The van der Waals surface area contributed by atoms with Crippen LogP contribution in [0.2, 0.25) is 0 Å². The maximum absolute atomic E-state index is 12.1. The molecule has 1 saturated heterocycles. The topological polar surface area (TPSA) is 54.4 Å². The molecular weight excluding hydrogens is 378 g/mol. The van der Waals surface area contributed by atoms with Crippen LogP contribution in [0.15, 0.2) is 41.0 Å². The zero-order valence-electron chi connectivity index (χ0n) is 20.1. The first kappa shape index (κ1) is 27.7. The smallest absolute Gasteiger partial charge is 0.330 e. The molecule has 2 aliphatic rings. The molecule has 2 heterocycles. The molecular formula is C24H41N3O3. The van der Waals surface area contributed by atoms with Gasteiger partial charge in [0.15, 0.2) is 0 Å². The Morgan fingerprint density at radius 1 is 1.10 bits per heavy atom. The first-order chi connectivity index (χ1) is 14.6. The lowest BCUT2D eigenvalue weighted by Gasteiger charge is -2.41. The van der Waals surface area contributed by atoms with Gasteiger partial charge in [0.05, 0.1) is 27.1 Å². The first-order valence-corrected chi connectivity index (χ1v) is 11.0. The minimum Gasteiger partial charge on any atom is -0.497 e. The minimum absolute atomic E-state index is 0.233. The molecule has 0 radical (unpaired) electrons. The monoisotopic (exact) mass is 419 g/mol. The van der Waals surface area contributed by atoms with E-state index in [2.05, 4.69) is 41.9 Å². The van der Waals surface area contributed by atoms with Gasteiger partial charge in [-0.3, -0.25) is 9.89 Å². The zero-order chi connectivity index (χ0) is 22.9. The summed E-state index contributed by atoms with van der Waals surface area (Å²) in [7, 11) is 3.08. The van der Waals surface area contributed by atoms with Crippen LogP contribution in [0.3, 0.4) is 0 Å². The number of nitrogens with zero attached hydrogens (tertiary/aromatic N) is 3. The van der Waals surface area contributed by atoms with E-state index in [4.69, 9.17) is 9.47 Å². The van der Waals surface area contributed by atoms with Crippen molar-refractivity contribution >= 4 is 12.3 Å². The van der Waals surface area contributed by atoms with Crippen molar-refractivity contribution in [3.63, 3.8) is 0 Å². The number of carbonyl (C=O) groups is 1. The van der Waals surface area contributed by atoms with E-state index in [1.54, 1.807) is 13.4 Å². The Morgan fingerprint density at radius 3 is 2.23 bits per heavy atom. The summed E-state index contributed by atoms with van der Waals surface area (Å²) >= 11 is 0. The molecule has 170 valence electrons. The molecule has 0 aliphatic carbocycles.